The summed E-state index contributed by atoms with van der Waals surface area (Å²) in [6, 6.07) is 7.12. The number of carbonyl (C=O) groups excluding carboxylic acids is 1. The van der Waals surface area contributed by atoms with Crippen LogP contribution in [-0.4, -0.2) is 23.6 Å². The molecule has 20 heavy (non-hydrogen) atoms. The number of amides is 1. The molecule has 1 amide bonds. The van der Waals surface area contributed by atoms with Crippen LogP contribution in [0.4, 0.5) is 8.78 Å². The number of thioether (sulfide) groups is 1. The topological polar surface area (TPSA) is 33.5 Å². The first-order valence-electron chi connectivity index (χ1n) is 5.90. The van der Waals surface area contributed by atoms with Crippen molar-refractivity contribution in [3.05, 3.63) is 54.0 Å². The molecule has 1 aromatic heterocycles. The average molecular weight is 297 g/mol. The number of carbonyl (C=O) groups is 1. The lowest BCUT2D eigenvalue weighted by molar-refractivity contribution is -0.127. The fraction of sp³-hybridized carbons (Fsp3) is 0.214. The summed E-state index contributed by atoms with van der Waals surface area (Å²) < 4.78 is 30.9. The van der Waals surface area contributed by atoms with E-state index >= 15 is 0 Å². The van der Waals surface area contributed by atoms with E-state index in [0.29, 0.717) is 17.2 Å². The molecule has 106 valence electrons. The number of furan rings is 1. The van der Waals surface area contributed by atoms with Gasteiger partial charge in [0.25, 0.3) is 0 Å². The molecule has 0 fully saturated rings. The highest BCUT2D eigenvalue weighted by Crippen LogP contribution is 2.20. The second-order valence-corrected chi connectivity index (χ2v) is 5.24. The van der Waals surface area contributed by atoms with Crippen molar-refractivity contribution in [1.82, 2.24) is 4.90 Å². The van der Waals surface area contributed by atoms with E-state index in [4.69, 9.17) is 4.42 Å². The maximum atomic E-state index is 13.0. The summed E-state index contributed by atoms with van der Waals surface area (Å²) in [6.45, 7) is 0.379. The fourth-order valence-corrected chi connectivity index (χ4v) is 2.41. The van der Waals surface area contributed by atoms with Crippen molar-refractivity contribution in [2.24, 2.45) is 0 Å². The molecule has 2 aromatic rings. The zero-order valence-corrected chi connectivity index (χ0v) is 11.6. The van der Waals surface area contributed by atoms with Crippen LogP contribution in [0.1, 0.15) is 5.76 Å². The Morgan fingerprint density at radius 2 is 2.10 bits per heavy atom. The van der Waals surface area contributed by atoms with Crippen LogP contribution in [0, 0.1) is 11.6 Å². The molecule has 3 nitrogen and oxygen atoms in total. The van der Waals surface area contributed by atoms with Gasteiger partial charge in [0.2, 0.25) is 5.91 Å². The van der Waals surface area contributed by atoms with Gasteiger partial charge >= 0.3 is 0 Å². The first-order valence-corrected chi connectivity index (χ1v) is 6.89. The number of hydrogen-bond donors (Lipinski definition) is 0. The molecular formula is C14H13F2NO2S. The Bertz CT molecular complexity index is 587. The molecule has 0 radical (unpaired) electrons. The predicted octanol–water partition coefficient (Wildman–Crippen LogP) is 3.31. The number of rotatable bonds is 5. The average Bonchev–Trinajstić information content (AvgIpc) is 2.92. The van der Waals surface area contributed by atoms with Gasteiger partial charge in [0.1, 0.15) is 5.76 Å². The fourth-order valence-electron chi connectivity index (χ4n) is 1.55. The Morgan fingerprint density at radius 1 is 1.30 bits per heavy atom. The van der Waals surface area contributed by atoms with Crippen LogP contribution >= 0.6 is 11.8 Å². The molecule has 0 aliphatic rings. The van der Waals surface area contributed by atoms with Gasteiger partial charge in [0.15, 0.2) is 11.6 Å². The molecule has 6 heteroatoms. The summed E-state index contributed by atoms with van der Waals surface area (Å²) in [5.74, 6) is -1.07. The molecular weight excluding hydrogens is 284 g/mol. The molecule has 0 aliphatic heterocycles. The van der Waals surface area contributed by atoms with E-state index in [9.17, 15) is 13.6 Å². The third-order valence-electron chi connectivity index (χ3n) is 2.65. The molecule has 0 saturated carbocycles. The van der Waals surface area contributed by atoms with Crippen molar-refractivity contribution in [1.29, 1.82) is 0 Å². The highest BCUT2D eigenvalue weighted by atomic mass is 32.2. The van der Waals surface area contributed by atoms with Crippen LogP contribution in [0.25, 0.3) is 0 Å². The summed E-state index contributed by atoms with van der Waals surface area (Å²) in [7, 11) is 1.66. The second-order valence-electron chi connectivity index (χ2n) is 4.19. The second kappa shape index (κ2) is 6.56. The van der Waals surface area contributed by atoms with Gasteiger partial charge in [0, 0.05) is 11.9 Å². The highest BCUT2D eigenvalue weighted by Gasteiger charge is 2.12. The zero-order valence-electron chi connectivity index (χ0n) is 10.8. The third-order valence-corrected chi connectivity index (χ3v) is 3.63. The minimum Gasteiger partial charge on any atom is -0.467 e. The Balaban J connectivity index is 1.86. The van der Waals surface area contributed by atoms with Gasteiger partial charge in [-0.3, -0.25) is 4.79 Å². The van der Waals surface area contributed by atoms with Crippen molar-refractivity contribution < 1.29 is 18.0 Å². The van der Waals surface area contributed by atoms with Crippen LogP contribution < -0.4 is 0 Å². The number of hydrogen-bond acceptors (Lipinski definition) is 3. The van der Waals surface area contributed by atoms with Crippen molar-refractivity contribution >= 4 is 17.7 Å². The minimum absolute atomic E-state index is 0.115. The van der Waals surface area contributed by atoms with E-state index in [2.05, 4.69) is 0 Å². The SMILES string of the molecule is CN(Cc1ccco1)C(=O)CSc1ccc(F)c(F)c1. The van der Waals surface area contributed by atoms with Gasteiger partial charge in [-0.1, -0.05) is 0 Å². The monoisotopic (exact) mass is 297 g/mol. The van der Waals surface area contributed by atoms with E-state index in [-0.39, 0.29) is 11.7 Å². The summed E-state index contributed by atoms with van der Waals surface area (Å²) in [6.07, 6.45) is 1.55. The first-order chi connectivity index (χ1) is 9.56. The third kappa shape index (κ3) is 3.84. The van der Waals surface area contributed by atoms with Gasteiger partial charge in [0.05, 0.1) is 18.6 Å². The quantitative estimate of drug-likeness (QED) is 0.794. The Labute approximate surface area is 119 Å². The van der Waals surface area contributed by atoms with E-state index in [1.165, 1.54) is 11.0 Å². The molecule has 0 unspecified atom stereocenters. The summed E-state index contributed by atoms with van der Waals surface area (Å²) >= 11 is 1.16. The molecule has 0 atom stereocenters. The van der Waals surface area contributed by atoms with Crippen molar-refractivity contribution in [3.8, 4) is 0 Å². The summed E-state index contributed by atoms with van der Waals surface area (Å²) in [5.41, 5.74) is 0. The molecule has 0 N–H and O–H groups in total. The van der Waals surface area contributed by atoms with Gasteiger partial charge < -0.3 is 9.32 Å². The van der Waals surface area contributed by atoms with E-state index < -0.39 is 11.6 Å². The van der Waals surface area contributed by atoms with Gasteiger partial charge in [-0.05, 0) is 30.3 Å². The predicted molar refractivity (Wildman–Crippen MR) is 72.3 cm³/mol. The zero-order chi connectivity index (χ0) is 14.5. The molecule has 2 rings (SSSR count). The van der Waals surface area contributed by atoms with Crippen LogP contribution in [0.2, 0.25) is 0 Å². The summed E-state index contributed by atoms with van der Waals surface area (Å²) in [4.78, 5) is 13.9. The van der Waals surface area contributed by atoms with Crippen molar-refractivity contribution in [2.45, 2.75) is 11.4 Å². The van der Waals surface area contributed by atoms with E-state index in [0.717, 1.165) is 23.9 Å². The Kier molecular flexibility index (Phi) is 4.79. The minimum atomic E-state index is -0.911. The van der Waals surface area contributed by atoms with Gasteiger partial charge in [-0.15, -0.1) is 11.8 Å². The Hall–Kier alpha value is -1.82. The van der Waals surface area contributed by atoms with Crippen LogP contribution in [0.3, 0.4) is 0 Å². The van der Waals surface area contributed by atoms with Gasteiger partial charge in [-0.2, -0.15) is 0 Å². The van der Waals surface area contributed by atoms with Crippen molar-refractivity contribution in [3.63, 3.8) is 0 Å². The molecule has 0 aliphatic carbocycles. The normalized spacial score (nSPS) is 10.6. The summed E-state index contributed by atoms with van der Waals surface area (Å²) in [5, 5.41) is 0. The lowest BCUT2D eigenvalue weighted by atomic mass is 10.3. The number of halogens is 2. The molecule has 1 aromatic carbocycles. The molecule has 0 spiro atoms. The number of benzene rings is 1. The van der Waals surface area contributed by atoms with Crippen LogP contribution in [-0.2, 0) is 11.3 Å². The lowest BCUT2D eigenvalue weighted by Gasteiger charge is -2.15. The number of nitrogens with zero attached hydrogens (tertiary/aromatic N) is 1. The van der Waals surface area contributed by atoms with Gasteiger partial charge in [-0.25, -0.2) is 8.78 Å². The first kappa shape index (κ1) is 14.6. The Morgan fingerprint density at radius 3 is 2.75 bits per heavy atom. The van der Waals surface area contributed by atoms with Crippen LogP contribution in [0.15, 0.2) is 45.9 Å². The molecule has 0 saturated heterocycles. The van der Waals surface area contributed by atoms with E-state index in [1.807, 2.05) is 0 Å². The van der Waals surface area contributed by atoms with Crippen LogP contribution in [0.5, 0.6) is 0 Å². The molecule has 0 bridgehead atoms. The molecule has 1 heterocycles. The smallest absolute Gasteiger partial charge is 0.233 e. The largest absolute Gasteiger partial charge is 0.467 e. The maximum absolute atomic E-state index is 13.0. The van der Waals surface area contributed by atoms with Crippen molar-refractivity contribution in [2.75, 3.05) is 12.8 Å². The highest BCUT2D eigenvalue weighted by molar-refractivity contribution is 8.00. The standard InChI is InChI=1S/C14H13F2NO2S/c1-17(8-10-3-2-6-19-10)14(18)9-20-11-4-5-12(15)13(16)7-11/h2-7H,8-9H2,1H3. The lowest BCUT2D eigenvalue weighted by Crippen LogP contribution is -2.27. The van der Waals surface area contributed by atoms with E-state index in [1.54, 1.807) is 25.4 Å². The maximum Gasteiger partial charge on any atom is 0.233 e.